The molecule has 2 atom stereocenters. The van der Waals surface area contributed by atoms with E-state index in [2.05, 4.69) is 15.1 Å². The van der Waals surface area contributed by atoms with Gasteiger partial charge in [-0.15, -0.1) is 0 Å². The summed E-state index contributed by atoms with van der Waals surface area (Å²) in [5.41, 5.74) is 2.16. The first kappa shape index (κ1) is 31.0. The number of alkyl carbamates (subject to hydrolysis) is 1. The van der Waals surface area contributed by atoms with Crippen molar-refractivity contribution in [2.45, 2.75) is 26.2 Å². The number of aryl methyl sites for hydroxylation is 1. The van der Waals surface area contributed by atoms with Crippen LogP contribution in [0.3, 0.4) is 0 Å². The lowest BCUT2D eigenvalue weighted by Gasteiger charge is -2.30. The van der Waals surface area contributed by atoms with Gasteiger partial charge in [0, 0.05) is 11.8 Å². The molecule has 0 bridgehead atoms. The van der Waals surface area contributed by atoms with Gasteiger partial charge in [-0.05, 0) is 25.0 Å². The standard InChI is InChI=1S/C28H34N3O7PS/c1-3-37-26(32)20-30-39(34,25-12-8-5-9-13-25)27(24-16-14-22(2)15-17-24)31-40(35,36)19-18-29-28(33)38-21-23-10-6-4-7-11-23/h4-17,27,31H,3,18-21H2,1-2H3,(H,29,33)(H,30,34)/t27-,39?/m0/s1. The number of nitrogens with one attached hydrogen (secondary N) is 3. The molecule has 0 heterocycles. The summed E-state index contributed by atoms with van der Waals surface area (Å²) in [6, 6.07) is 24.3. The second-order valence-corrected chi connectivity index (χ2v) is 13.4. The van der Waals surface area contributed by atoms with Gasteiger partial charge >= 0.3 is 12.1 Å². The summed E-state index contributed by atoms with van der Waals surface area (Å²) in [6.45, 7) is 3.09. The van der Waals surface area contributed by atoms with Gasteiger partial charge in [-0.1, -0.05) is 90.5 Å². The van der Waals surface area contributed by atoms with Gasteiger partial charge in [0.25, 0.3) is 0 Å². The van der Waals surface area contributed by atoms with Crippen LogP contribution in [0.15, 0.2) is 84.9 Å². The first-order valence-electron chi connectivity index (χ1n) is 12.7. The van der Waals surface area contributed by atoms with Gasteiger partial charge in [0.05, 0.1) is 12.4 Å². The average molecular weight is 588 g/mol. The Morgan fingerprint density at radius 3 is 2.15 bits per heavy atom. The van der Waals surface area contributed by atoms with Gasteiger partial charge in [-0.2, -0.15) is 4.72 Å². The molecule has 1 amide bonds. The van der Waals surface area contributed by atoms with Crippen LogP contribution >= 0.6 is 7.29 Å². The van der Waals surface area contributed by atoms with E-state index in [1.807, 2.05) is 25.1 Å². The van der Waals surface area contributed by atoms with Gasteiger partial charge in [-0.3, -0.25) is 14.4 Å². The number of rotatable bonds is 14. The molecule has 0 fully saturated rings. The Hall–Kier alpha value is -3.50. The normalized spacial score (nSPS) is 13.6. The van der Waals surface area contributed by atoms with Crippen LogP contribution in [-0.2, 0) is 35.5 Å². The van der Waals surface area contributed by atoms with Crippen molar-refractivity contribution in [2.24, 2.45) is 0 Å². The first-order valence-corrected chi connectivity index (χ1v) is 16.1. The molecule has 0 radical (unpaired) electrons. The Morgan fingerprint density at radius 2 is 1.52 bits per heavy atom. The summed E-state index contributed by atoms with van der Waals surface area (Å²) in [7, 11) is -7.93. The second-order valence-electron chi connectivity index (χ2n) is 8.87. The smallest absolute Gasteiger partial charge is 0.407 e. The molecule has 0 aromatic heterocycles. The fourth-order valence-corrected chi connectivity index (χ4v) is 8.04. The SMILES string of the molecule is CCOC(=O)CNP(=O)(c1ccccc1)[C@H](NS(=O)(=O)CCNC(=O)OCc1ccccc1)c1ccc(C)cc1. The topological polar surface area (TPSA) is 140 Å². The predicted molar refractivity (Wildman–Crippen MR) is 154 cm³/mol. The van der Waals surface area contributed by atoms with E-state index in [1.54, 1.807) is 73.7 Å². The van der Waals surface area contributed by atoms with E-state index >= 15 is 0 Å². The number of sulfonamides is 1. The highest BCUT2D eigenvalue weighted by Crippen LogP contribution is 2.53. The quantitative estimate of drug-likeness (QED) is 0.192. The van der Waals surface area contributed by atoms with Crippen LogP contribution in [0.4, 0.5) is 4.79 Å². The highest BCUT2D eigenvalue weighted by Gasteiger charge is 2.39. The lowest BCUT2D eigenvalue weighted by molar-refractivity contribution is -0.141. The Kier molecular flexibility index (Phi) is 11.5. The second kappa shape index (κ2) is 14.8. The number of hydrogen-bond acceptors (Lipinski definition) is 7. The molecule has 3 N–H and O–H groups in total. The molecule has 3 aromatic carbocycles. The van der Waals surface area contributed by atoms with Gasteiger partial charge in [0.1, 0.15) is 18.9 Å². The monoisotopic (exact) mass is 587 g/mol. The van der Waals surface area contributed by atoms with Gasteiger partial charge < -0.3 is 14.8 Å². The van der Waals surface area contributed by atoms with E-state index in [4.69, 9.17) is 9.47 Å². The Balaban J connectivity index is 1.79. The fraction of sp³-hybridized carbons (Fsp3) is 0.286. The molecule has 40 heavy (non-hydrogen) atoms. The van der Waals surface area contributed by atoms with Crippen LogP contribution < -0.4 is 20.4 Å². The summed E-state index contributed by atoms with van der Waals surface area (Å²) >= 11 is 0. The number of carbonyl (C=O) groups excluding carboxylic acids is 2. The number of benzene rings is 3. The summed E-state index contributed by atoms with van der Waals surface area (Å²) in [5.74, 6) is -2.37. The molecule has 214 valence electrons. The number of carbonyl (C=O) groups is 2. The zero-order chi connectivity index (χ0) is 29.0. The third-order valence-corrected chi connectivity index (χ3v) is 10.2. The Labute approximate surface area is 235 Å². The Bertz CT molecular complexity index is 1400. The maximum Gasteiger partial charge on any atom is 0.407 e. The Morgan fingerprint density at radius 1 is 0.900 bits per heavy atom. The van der Waals surface area contributed by atoms with Crippen molar-refractivity contribution in [3.63, 3.8) is 0 Å². The summed E-state index contributed by atoms with van der Waals surface area (Å²) in [6.07, 6.45) is -0.764. The van der Waals surface area contributed by atoms with Crippen LogP contribution in [0, 0.1) is 6.92 Å². The molecule has 0 aliphatic heterocycles. The maximum atomic E-state index is 14.7. The van der Waals surface area contributed by atoms with Crippen molar-refractivity contribution in [1.82, 2.24) is 15.1 Å². The third kappa shape index (κ3) is 9.31. The number of hydrogen-bond donors (Lipinski definition) is 3. The van der Waals surface area contributed by atoms with Crippen molar-refractivity contribution in [2.75, 3.05) is 25.4 Å². The van der Waals surface area contributed by atoms with Crippen molar-refractivity contribution in [3.8, 4) is 0 Å². The highest BCUT2D eigenvalue weighted by molar-refractivity contribution is 7.90. The van der Waals surface area contributed by atoms with E-state index in [9.17, 15) is 22.6 Å². The largest absolute Gasteiger partial charge is 0.465 e. The minimum absolute atomic E-state index is 0.0412. The zero-order valence-corrected chi connectivity index (χ0v) is 24.1. The molecule has 0 saturated heterocycles. The zero-order valence-electron chi connectivity index (χ0n) is 22.4. The van der Waals surface area contributed by atoms with E-state index in [0.29, 0.717) is 10.9 Å². The molecule has 3 rings (SSSR count). The third-order valence-electron chi connectivity index (χ3n) is 5.80. The summed E-state index contributed by atoms with van der Waals surface area (Å²) in [4.78, 5) is 24.2. The van der Waals surface area contributed by atoms with Crippen molar-refractivity contribution in [1.29, 1.82) is 0 Å². The minimum atomic E-state index is -4.09. The average Bonchev–Trinajstić information content (AvgIpc) is 2.95. The molecular weight excluding hydrogens is 553 g/mol. The van der Waals surface area contributed by atoms with Crippen LogP contribution in [0.2, 0.25) is 0 Å². The van der Waals surface area contributed by atoms with Crippen LogP contribution in [0.1, 0.15) is 29.4 Å². The van der Waals surface area contributed by atoms with E-state index in [1.165, 1.54) is 0 Å². The molecule has 3 aromatic rings. The molecule has 10 nitrogen and oxygen atoms in total. The summed E-state index contributed by atoms with van der Waals surface area (Å²) < 4.78 is 53.8. The molecule has 12 heteroatoms. The number of ether oxygens (including phenoxy) is 2. The van der Waals surface area contributed by atoms with Crippen molar-refractivity contribution >= 4 is 34.7 Å². The number of amides is 1. The van der Waals surface area contributed by atoms with Crippen LogP contribution in [0.5, 0.6) is 0 Å². The molecule has 1 unspecified atom stereocenters. The van der Waals surface area contributed by atoms with Gasteiger partial charge in [-0.25, -0.2) is 13.2 Å². The lowest BCUT2D eigenvalue weighted by atomic mass is 10.1. The minimum Gasteiger partial charge on any atom is -0.465 e. The maximum absolute atomic E-state index is 14.7. The van der Waals surface area contributed by atoms with Gasteiger partial charge in [0.2, 0.25) is 10.0 Å². The predicted octanol–water partition coefficient (Wildman–Crippen LogP) is 3.60. The molecular formula is C28H34N3O7PS. The number of esters is 1. The van der Waals surface area contributed by atoms with Crippen LogP contribution in [0.25, 0.3) is 0 Å². The molecule has 0 saturated carbocycles. The van der Waals surface area contributed by atoms with E-state index in [0.717, 1.165) is 11.1 Å². The van der Waals surface area contributed by atoms with E-state index in [-0.39, 0.29) is 26.3 Å². The molecule has 0 spiro atoms. The lowest BCUT2D eigenvalue weighted by Crippen LogP contribution is -2.40. The van der Waals surface area contributed by atoms with Crippen LogP contribution in [-0.4, -0.2) is 45.9 Å². The summed E-state index contributed by atoms with van der Waals surface area (Å²) in [5, 5.41) is 5.56. The van der Waals surface area contributed by atoms with Crippen molar-refractivity contribution in [3.05, 3.63) is 102 Å². The molecule has 0 aliphatic carbocycles. The fourth-order valence-electron chi connectivity index (χ4n) is 3.77. The molecule has 0 aliphatic rings. The highest BCUT2D eigenvalue weighted by atomic mass is 32.2. The van der Waals surface area contributed by atoms with Crippen molar-refractivity contribution < 1.29 is 32.0 Å². The first-order chi connectivity index (χ1) is 19.1. The van der Waals surface area contributed by atoms with Gasteiger partial charge in [0.15, 0.2) is 7.29 Å². The van der Waals surface area contributed by atoms with E-state index < -0.39 is 40.9 Å².